The molecule has 0 bridgehead atoms. The van der Waals surface area contributed by atoms with Crippen LogP contribution < -0.4 is 0 Å². The molecule has 1 saturated carbocycles. The third-order valence-corrected chi connectivity index (χ3v) is 4.45. The van der Waals surface area contributed by atoms with Gasteiger partial charge in [0, 0.05) is 11.6 Å². The van der Waals surface area contributed by atoms with Crippen LogP contribution in [0, 0.1) is 11.6 Å². The molecule has 0 saturated heterocycles. The lowest BCUT2D eigenvalue weighted by Gasteiger charge is -2.30. The quantitative estimate of drug-likeness (QED) is 0.858. The van der Waals surface area contributed by atoms with Gasteiger partial charge in [-0.25, -0.2) is 18.6 Å². The average molecular weight is 350 g/mol. The van der Waals surface area contributed by atoms with Gasteiger partial charge in [-0.2, -0.15) is 0 Å². The van der Waals surface area contributed by atoms with Crippen molar-refractivity contribution in [3.63, 3.8) is 0 Å². The third kappa shape index (κ3) is 3.56. The minimum atomic E-state index is -0.748. The van der Waals surface area contributed by atoms with Crippen LogP contribution in [0.25, 0.3) is 11.3 Å². The summed E-state index contributed by atoms with van der Waals surface area (Å²) in [6.07, 6.45) is 4.00. The van der Waals surface area contributed by atoms with Crippen molar-refractivity contribution in [1.29, 1.82) is 0 Å². The standard InChI is InChI=1S/C18H20F2N2O3/c1-2-25-18(24)16-17(11-7-12(19)9-13(20)8-11)22(10-21-16)14-5-3-4-6-15(14)23/h7-10,14-15,23H,2-6H2,1H3/t14-,15+/m0/s1. The molecule has 0 radical (unpaired) electrons. The lowest BCUT2D eigenvalue weighted by atomic mass is 9.92. The van der Waals surface area contributed by atoms with Crippen molar-refractivity contribution < 1.29 is 23.4 Å². The van der Waals surface area contributed by atoms with Crippen LogP contribution in [0.15, 0.2) is 24.5 Å². The average Bonchev–Trinajstić information content (AvgIpc) is 2.99. The molecular weight excluding hydrogens is 330 g/mol. The zero-order valence-electron chi connectivity index (χ0n) is 13.9. The second-order valence-corrected chi connectivity index (χ2v) is 6.15. The van der Waals surface area contributed by atoms with Crippen molar-refractivity contribution in [3.8, 4) is 11.3 Å². The van der Waals surface area contributed by atoms with Crippen molar-refractivity contribution in [3.05, 3.63) is 41.9 Å². The van der Waals surface area contributed by atoms with Crippen LogP contribution in [0.2, 0.25) is 0 Å². The maximum Gasteiger partial charge on any atom is 0.359 e. The molecule has 0 unspecified atom stereocenters. The van der Waals surface area contributed by atoms with Crippen molar-refractivity contribution in [2.45, 2.75) is 44.8 Å². The maximum atomic E-state index is 13.7. The van der Waals surface area contributed by atoms with E-state index in [1.54, 1.807) is 11.5 Å². The number of carbonyl (C=O) groups excluding carboxylic acids is 1. The first-order valence-corrected chi connectivity index (χ1v) is 8.39. The monoisotopic (exact) mass is 350 g/mol. The number of aliphatic hydroxyl groups excluding tert-OH is 1. The Hall–Kier alpha value is -2.28. The number of hydrogen-bond donors (Lipinski definition) is 1. The number of aromatic nitrogens is 2. The van der Waals surface area contributed by atoms with Crippen LogP contribution in [-0.2, 0) is 4.74 Å². The highest BCUT2D eigenvalue weighted by atomic mass is 19.1. The molecular formula is C18H20F2N2O3. The van der Waals surface area contributed by atoms with E-state index < -0.39 is 23.7 Å². The lowest BCUT2D eigenvalue weighted by molar-refractivity contribution is 0.0519. The Morgan fingerprint density at radius 1 is 1.28 bits per heavy atom. The van der Waals surface area contributed by atoms with Gasteiger partial charge in [0.1, 0.15) is 11.6 Å². The molecule has 25 heavy (non-hydrogen) atoms. The Bertz CT molecular complexity index is 755. The molecule has 134 valence electrons. The molecule has 3 rings (SSSR count). The van der Waals surface area contributed by atoms with Crippen LogP contribution in [0.3, 0.4) is 0 Å². The van der Waals surface area contributed by atoms with Crippen molar-refractivity contribution in [1.82, 2.24) is 9.55 Å². The summed E-state index contributed by atoms with van der Waals surface area (Å²) in [6.45, 7) is 1.83. The van der Waals surface area contributed by atoms with Crippen molar-refractivity contribution in [2.24, 2.45) is 0 Å². The molecule has 0 spiro atoms. The minimum Gasteiger partial charge on any atom is -0.461 e. The second kappa shape index (κ2) is 7.31. The Balaban J connectivity index is 2.14. The molecule has 0 amide bonds. The number of benzene rings is 1. The molecule has 7 heteroatoms. The number of aliphatic hydroxyl groups is 1. The summed E-state index contributed by atoms with van der Waals surface area (Å²) in [5.74, 6) is -2.16. The van der Waals surface area contributed by atoms with E-state index >= 15 is 0 Å². The Morgan fingerprint density at radius 3 is 2.60 bits per heavy atom. The molecule has 1 aromatic carbocycles. The van der Waals surface area contributed by atoms with Crippen LogP contribution in [0.1, 0.15) is 49.1 Å². The van der Waals surface area contributed by atoms with E-state index in [0.29, 0.717) is 12.8 Å². The van der Waals surface area contributed by atoms with E-state index in [4.69, 9.17) is 4.74 Å². The molecule has 1 aliphatic rings. The number of imidazole rings is 1. The van der Waals surface area contributed by atoms with E-state index in [0.717, 1.165) is 31.0 Å². The fourth-order valence-corrected chi connectivity index (χ4v) is 3.35. The predicted octanol–water partition coefficient (Wildman–Crippen LogP) is 3.48. The fourth-order valence-electron chi connectivity index (χ4n) is 3.35. The van der Waals surface area contributed by atoms with Gasteiger partial charge < -0.3 is 14.4 Å². The highest BCUT2D eigenvalue weighted by Crippen LogP contribution is 2.35. The lowest BCUT2D eigenvalue weighted by Crippen LogP contribution is -2.27. The number of ether oxygens (including phenoxy) is 1. The molecule has 5 nitrogen and oxygen atoms in total. The number of rotatable bonds is 4. The first-order valence-electron chi connectivity index (χ1n) is 8.39. The van der Waals surface area contributed by atoms with E-state index in [-0.39, 0.29) is 29.6 Å². The molecule has 1 N–H and O–H groups in total. The largest absolute Gasteiger partial charge is 0.461 e. The van der Waals surface area contributed by atoms with Gasteiger partial charge >= 0.3 is 5.97 Å². The third-order valence-electron chi connectivity index (χ3n) is 4.45. The van der Waals surface area contributed by atoms with Gasteiger partial charge in [-0.3, -0.25) is 0 Å². The zero-order chi connectivity index (χ0) is 18.0. The highest BCUT2D eigenvalue weighted by molar-refractivity contribution is 5.94. The number of carbonyl (C=O) groups is 1. The van der Waals surface area contributed by atoms with Crippen LogP contribution in [0.5, 0.6) is 0 Å². The first kappa shape index (κ1) is 17.5. The molecule has 2 atom stereocenters. The van der Waals surface area contributed by atoms with Gasteiger partial charge in [-0.05, 0) is 31.9 Å². The Kier molecular flexibility index (Phi) is 5.13. The van der Waals surface area contributed by atoms with E-state index in [1.165, 1.54) is 6.33 Å². The van der Waals surface area contributed by atoms with E-state index in [9.17, 15) is 18.7 Å². The first-order chi connectivity index (χ1) is 12.0. The van der Waals surface area contributed by atoms with Gasteiger partial charge in [-0.15, -0.1) is 0 Å². The Labute approximate surface area is 144 Å². The molecule has 1 heterocycles. The van der Waals surface area contributed by atoms with E-state index in [1.807, 2.05) is 0 Å². The summed E-state index contributed by atoms with van der Waals surface area (Å²) >= 11 is 0. The van der Waals surface area contributed by atoms with Gasteiger partial charge in [0.25, 0.3) is 0 Å². The molecule has 1 aliphatic carbocycles. The van der Waals surface area contributed by atoms with Crippen LogP contribution >= 0.6 is 0 Å². The van der Waals surface area contributed by atoms with Crippen molar-refractivity contribution >= 4 is 5.97 Å². The summed E-state index contributed by atoms with van der Waals surface area (Å²) in [5.41, 5.74) is 0.447. The van der Waals surface area contributed by atoms with Gasteiger partial charge in [0.15, 0.2) is 5.69 Å². The summed E-state index contributed by atoms with van der Waals surface area (Å²) in [4.78, 5) is 16.4. The van der Waals surface area contributed by atoms with E-state index in [2.05, 4.69) is 4.98 Å². The highest BCUT2D eigenvalue weighted by Gasteiger charge is 2.30. The SMILES string of the molecule is CCOC(=O)c1ncn([C@H]2CCCC[C@H]2O)c1-c1cc(F)cc(F)c1. The van der Waals surface area contributed by atoms with Crippen LogP contribution in [0.4, 0.5) is 8.78 Å². The molecule has 2 aromatic rings. The fraction of sp³-hybridized carbons (Fsp3) is 0.444. The van der Waals surface area contributed by atoms with Crippen LogP contribution in [-0.4, -0.2) is 33.3 Å². The Morgan fingerprint density at radius 2 is 1.96 bits per heavy atom. The minimum absolute atomic E-state index is 0.00961. The van der Waals surface area contributed by atoms with Gasteiger partial charge in [-0.1, -0.05) is 12.8 Å². The molecule has 1 aromatic heterocycles. The topological polar surface area (TPSA) is 64.3 Å². The number of hydrogen-bond acceptors (Lipinski definition) is 4. The molecule has 0 aliphatic heterocycles. The number of esters is 1. The summed E-state index contributed by atoms with van der Waals surface area (Å²) in [6, 6.07) is 2.76. The second-order valence-electron chi connectivity index (χ2n) is 6.15. The zero-order valence-corrected chi connectivity index (χ0v) is 13.9. The molecule has 1 fully saturated rings. The summed E-state index contributed by atoms with van der Waals surface area (Å²) in [5, 5.41) is 10.3. The summed E-state index contributed by atoms with van der Waals surface area (Å²) in [7, 11) is 0. The normalized spacial score (nSPS) is 20.5. The van der Waals surface area contributed by atoms with Gasteiger partial charge in [0.2, 0.25) is 0 Å². The summed E-state index contributed by atoms with van der Waals surface area (Å²) < 4.78 is 34.1. The number of nitrogens with zero attached hydrogens (tertiary/aromatic N) is 2. The van der Waals surface area contributed by atoms with Crippen molar-refractivity contribution in [2.75, 3.05) is 6.61 Å². The van der Waals surface area contributed by atoms with Gasteiger partial charge in [0.05, 0.1) is 30.8 Å². The number of halogens is 2. The smallest absolute Gasteiger partial charge is 0.359 e. The predicted molar refractivity (Wildman–Crippen MR) is 87.0 cm³/mol. The maximum absolute atomic E-state index is 13.7.